The van der Waals surface area contributed by atoms with Gasteiger partial charge in [0.25, 0.3) is 0 Å². The van der Waals surface area contributed by atoms with E-state index in [1.165, 1.54) is 11.8 Å². The highest BCUT2D eigenvalue weighted by Gasteiger charge is 2.29. The van der Waals surface area contributed by atoms with E-state index in [9.17, 15) is 13.2 Å². The third-order valence-electron chi connectivity index (χ3n) is 4.22. The molecule has 2 heterocycles. The molecule has 134 valence electrons. The minimum atomic E-state index is -2.89. The fourth-order valence-corrected chi connectivity index (χ4v) is 5.60. The number of halogens is 1. The van der Waals surface area contributed by atoms with Crippen LogP contribution in [0.2, 0.25) is 5.02 Å². The van der Waals surface area contributed by atoms with E-state index in [4.69, 9.17) is 11.6 Å². The molecule has 3 rings (SSSR count). The van der Waals surface area contributed by atoms with Crippen LogP contribution in [0.3, 0.4) is 0 Å². The van der Waals surface area contributed by atoms with Crippen LogP contribution in [0.4, 0.5) is 0 Å². The Balaban J connectivity index is 1.59. The normalized spacial score (nSPS) is 19.2. The lowest BCUT2D eigenvalue weighted by Crippen LogP contribution is -2.11. The van der Waals surface area contributed by atoms with Gasteiger partial charge >= 0.3 is 0 Å². The number of carbonyl (C=O) groups is 1. The van der Waals surface area contributed by atoms with Gasteiger partial charge in [-0.1, -0.05) is 23.4 Å². The van der Waals surface area contributed by atoms with E-state index in [2.05, 4.69) is 10.2 Å². The molecule has 25 heavy (non-hydrogen) atoms. The maximum Gasteiger partial charge on any atom is 0.191 e. The SMILES string of the molecule is Cn1c(C[C@@H]2CCS(=O)(=O)C2)nnc1SCC(=O)c1ccc(Cl)cc1. The van der Waals surface area contributed by atoms with Gasteiger partial charge in [-0.15, -0.1) is 10.2 Å². The molecule has 0 saturated carbocycles. The molecule has 1 fully saturated rings. The summed E-state index contributed by atoms with van der Waals surface area (Å²) >= 11 is 7.15. The van der Waals surface area contributed by atoms with Crippen LogP contribution in [0, 0.1) is 5.92 Å². The first-order chi connectivity index (χ1) is 11.8. The molecule has 9 heteroatoms. The number of carbonyl (C=O) groups excluding carboxylic acids is 1. The van der Waals surface area contributed by atoms with Crippen LogP contribution in [0.1, 0.15) is 22.6 Å². The number of rotatable bonds is 6. The van der Waals surface area contributed by atoms with Gasteiger partial charge < -0.3 is 4.57 Å². The zero-order valence-corrected chi connectivity index (χ0v) is 16.1. The minimum Gasteiger partial charge on any atom is -0.309 e. The van der Waals surface area contributed by atoms with Crippen LogP contribution in [0.5, 0.6) is 0 Å². The van der Waals surface area contributed by atoms with Gasteiger partial charge in [0.1, 0.15) is 5.82 Å². The lowest BCUT2D eigenvalue weighted by molar-refractivity contribution is 0.102. The van der Waals surface area contributed by atoms with Crippen LogP contribution in [0.25, 0.3) is 0 Å². The molecule has 0 amide bonds. The second-order valence-electron chi connectivity index (χ2n) is 6.15. The summed E-state index contributed by atoms with van der Waals surface area (Å²) in [6.07, 6.45) is 1.27. The Morgan fingerprint density at radius 3 is 2.68 bits per heavy atom. The van der Waals surface area contributed by atoms with Crippen LogP contribution in [-0.2, 0) is 23.3 Å². The van der Waals surface area contributed by atoms with E-state index in [-0.39, 0.29) is 29.0 Å². The number of aromatic nitrogens is 3. The van der Waals surface area contributed by atoms with E-state index in [0.717, 1.165) is 5.82 Å². The summed E-state index contributed by atoms with van der Waals surface area (Å²) < 4.78 is 25.0. The number of ketones is 1. The standard InChI is InChI=1S/C16H18ClN3O3S2/c1-20-15(8-11-6-7-25(22,23)10-11)18-19-16(20)24-9-14(21)12-2-4-13(17)5-3-12/h2-5,11H,6-10H2,1H3/t11-/m0/s1. The number of nitrogens with zero attached hydrogens (tertiary/aromatic N) is 3. The Labute approximate surface area is 155 Å². The van der Waals surface area contributed by atoms with Gasteiger partial charge in [-0.25, -0.2) is 8.42 Å². The Hall–Kier alpha value is -1.38. The predicted molar refractivity (Wildman–Crippen MR) is 98.0 cm³/mol. The number of hydrogen-bond donors (Lipinski definition) is 0. The fourth-order valence-electron chi connectivity index (χ4n) is 2.79. The van der Waals surface area contributed by atoms with Crippen molar-refractivity contribution in [2.75, 3.05) is 17.3 Å². The van der Waals surface area contributed by atoms with Gasteiger partial charge in [-0.05, 0) is 36.6 Å². The molecular formula is C16H18ClN3O3S2. The number of sulfone groups is 1. The summed E-state index contributed by atoms with van der Waals surface area (Å²) in [6.45, 7) is 0. The quantitative estimate of drug-likeness (QED) is 0.548. The van der Waals surface area contributed by atoms with Gasteiger partial charge in [0.2, 0.25) is 0 Å². The third-order valence-corrected chi connectivity index (χ3v) is 7.33. The molecule has 1 aliphatic heterocycles. The van der Waals surface area contributed by atoms with E-state index in [1.807, 2.05) is 11.6 Å². The highest BCUT2D eigenvalue weighted by molar-refractivity contribution is 7.99. The number of thioether (sulfide) groups is 1. The highest BCUT2D eigenvalue weighted by Crippen LogP contribution is 2.24. The molecule has 6 nitrogen and oxygen atoms in total. The molecule has 0 unspecified atom stereocenters. The van der Waals surface area contributed by atoms with Crippen molar-refractivity contribution in [2.24, 2.45) is 13.0 Å². The average Bonchev–Trinajstić information content (AvgIpc) is 3.09. The number of hydrogen-bond acceptors (Lipinski definition) is 6. The summed E-state index contributed by atoms with van der Waals surface area (Å²) in [5, 5.41) is 9.53. The van der Waals surface area contributed by atoms with Gasteiger partial charge in [-0.2, -0.15) is 0 Å². The summed E-state index contributed by atoms with van der Waals surface area (Å²) in [5.41, 5.74) is 0.607. The Morgan fingerprint density at radius 1 is 1.32 bits per heavy atom. The average molecular weight is 400 g/mol. The monoisotopic (exact) mass is 399 g/mol. The van der Waals surface area contributed by atoms with Crippen molar-refractivity contribution in [3.63, 3.8) is 0 Å². The van der Waals surface area contributed by atoms with Crippen molar-refractivity contribution in [1.29, 1.82) is 0 Å². The largest absolute Gasteiger partial charge is 0.309 e. The second-order valence-corrected chi connectivity index (χ2v) is 9.76. The van der Waals surface area contributed by atoms with Crippen molar-refractivity contribution in [3.05, 3.63) is 40.7 Å². The van der Waals surface area contributed by atoms with Gasteiger partial charge in [-0.3, -0.25) is 4.79 Å². The van der Waals surface area contributed by atoms with Gasteiger partial charge in [0.15, 0.2) is 20.8 Å². The first-order valence-corrected chi connectivity index (χ1v) is 11.0. The van der Waals surface area contributed by atoms with Gasteiger partial charge in [0, 0.05) is 24.1 Å². The number of Topliss-reactive ketones (excluding diaryl/α,β-unsaturated/α-hetero) is 1. The molecule has 2 aromatic rings. The molecule has 1 saturated heterocycles. The molecular weight excluding hydrogens is 382 g/mol. The van der Waals surface area contributed by atoms with Crippen molar-refractivity contribution in [3.8, 4) is 0 Å². The fraction of sp³-hybridized carbons (Fsp3) is 0.438. The first-order valence-electron chi connectivity index (χ1n) is 7.84. The Morgan fingerprint density at radius 2 is 2.04 bits per heavy atom. The molecule has 0 radical (unpaired) electrons. The first kappa shape index (κ1) is 18.4. The van der Waals surface area contributed by atoms with Gasteiger partial charge in [0.05, 0.1) is 17.3 Å². The molecule has 1 aliphatic rings. The Bertz CT molecular complexity index is 879. The molecule has 0 spiro atoms. The number of benzene rings is 1. The molecule has 1 aromatic heterocycles. The summed E-state index contributed by atoms with van der Waals surface area (Å²) in [6, 6.07) is 6.78. The topological polar surface area (TPSA) is 81.9 Å². The van der Waals surface area contributed by atoms with Crippen LogP contribution in [-0.4, -0.2) is 46.2 Å². The van der Waals surface area contributed by atoms with E-state index < -0.39 is 9.84 Å². The second kappa shape index (κ2) is 7.47. The molecule has 0 aliphatic carbocycles. The molecule has 1 atom stereocenters. The van der Waals surface area contributed by atoms with E-state index >= 15 is 0 Å². The Kier molecular flexibility index (Phi) is 5.50. The smallest absolute Gasteiger partial charge is 0.191 e. The predicted octanol–water partition coefficient (Wildman–Crippen LogP) is 2.42. The maximum absolute atomic E-state index is 12.2. The van der Waals surface area contributed by atoms with Crippen LogP contribution in [0.15, 0.2) is 29.4 Å². The minimum absolute atomic E-state index is 0.00639. The highest BCUT2D eigenvalue weighted by atomic mass is 35.5. The van der Waals surface area contributed by atoms with Crippen molar-refractivity contribution < 1.29 is 13.2 Å². The lowest BCUT2D eigenvalue weighted by atomic mass is 10.1. The molecule has 0 N–H and O–H groups in total. The van der Waals surface area contributed by atoms with Crippen molar-refractivity contribution in [1.82, 2.24) is 14.8 Å². The molecule has 1 aromatic carbocycles. The van der Waals surface area contributed by atoms with Crippen LogP contribution < -0.4 is 0 Å². The van der Waals surface area contributed by atoms with Crippen molar-refractivity contribution in [2.45, 2.75) is 18.0 Å². The summed E-state index contributed by atoms with van der Waals surface area (Å²) in [7, 11) is -1.05. The zero-order chi connectivity index (χ0) is 18.0. The lowest BCUT2D eigenvalue weighted by Gasteiger charge is -2.07. The third kappa shape index (κ3) is 4.62. The van der Waals surface area contributed by atoms with Crippen LogP contribution >= 0.6 is 23.4 Å². The summed E-state index contributed by atoms with van der Waals surface area (Å²) in [5.74, 6) is 1.58. The summed E-state index contributed by atoms with van der Waals surface area (Å²) in [4.78, 5) is 12.2. The van der Waals surface area contributed by atoms with E-state index in [1.54, 1.807) is 24.3 Å². The maximum atomic E-state index is 12.2. The molecule has 0 bridgehead atoms. The zero-order valence-electron chi connectivity index (χ0n) is 13.7. The van der Waals surface area contributed by atoms with E-state index in [0.29, 0.717) is 28.6 Å². The van der Waals surface area contributed by atoms with Crippen molar-refractivity contribution >= 4 is 39.0 Å².